The Bertz CT molecular complexity index is 1040. The van der Waals surface area contributed by atoms with Gasteiger partial charge in [0.25, 0.3) is 5.91 Å². The summed E-state index contributed by atoms with van der Waals surface area (Å²) in [4.78, 5) is 25.5. The molecule has 0 aliphatic heterocycles. The van der Waals surface area contributed by atoms with Crippen LogP contribution in [0.5, 0.6) is 0 Å². The van der Waals surface area contributed by atoms with Crippen LogP contribution in [0.15, 0.2) is 71.6 Å². The first-order chi connectivity index (χ1) is 13.9. The number of nitrogens with one attached hydrogen (secondary N) is 2. The highest BCUT2D eigenvalue weighted by Gasteiger charge is 2.11. The molecule has 3 aromatic carbocycles. The Kier molecular flexibility index (Phi) is 7.20. The van der Waals surface area contributed by atoms with E-state index in [1.807, 2.05) is 49.4 Å². The van der Waals surface area contributed by atoms with Gasteiger partial charge in [-0.1, -0.05) is 47.0 Å². The lowest BCUT2D eigenvalue weighted by Gasteiger charge is -2.09. The van der Waals surface area contributed by atoms with E-state index in [-0.39, 0.29) is 22.6 Å². The fraction of sp³-hybridized carbons (Fsp3) is 0.0909. The van der Waals surface area contributed by atoms with E-state index in [0.717, 1.165) is 16.1 Å². The number of hydrogen-bond donors (Lipinski definition) is 2. The number of carbonyl (C=O) groups excluding carboxylic acids is 2. The molecule has 3 rings (SSSR count). The number of hydrogen-bond acceptors (Lipinski definition) is 3. The maximum absolute atomic E-state index is 12.4. The van der Waals surface area contributed by atoms with E-state index >= 15 is 0 Å². The largest absolute Gasteiger partial charge is 0.325 e. The predicted molar refractivity (Wildman–Crippen MR) is 121 cm³/mol. The molecule has 148 valence electrons. The van der Waals surface area contributed by atoms with Crippen LogP contribution in [0.2, 0.25) is 10.0 Å². The SMILES string of the molecule is Cc1ccc(NC(=O)CSc2cccc(NC(=O)c3ccc(Cl)cc3Cl)c2)cc1. The van der Waals surface area contributed by atoms with Crippen molar-refractivity contribution >= 4 is 58.2 Å². The Morgan fingerprint density at radius 1 is 0.897 bits per heavy atom. The van der Waals surface area contributed by atoms with Crippen LogP contribution in [0, 0.1) is 6.92 Å². The summed E-state index contributed by atoms with van der Waals surface area (Å²) < 4.78 is 0. The Morgan fingerprint density at radius 3 is 2.38 bits per heavy atom. The Hall–Kier alpha value is -2.47. The van der Waals surface area contributed by atoms with Crippen molar-refractivity contribution in [3.8, 4) is 0 Å². The van der Waals surface area contributed by atoms with Crippen molar-refractivity contribution in [2.75, 3.05) is 16.4 Å². The van der Waals surface area contributed by atoms with Gasteiger partial charge in [0, 0.05) is 21.3 Å². The van der Waals surface area contributed by atoms with Gasteiger partial charge >= 0.3 is 0 Å². The normalized spacial score (nSPS) is 10.4. The quantitative estimate of drug-likeness (QED) is 0.439. The minimum absolute atomic E-state index is 0.0961. The average Bonchev–Trinajstić information content (AvgIpc) is 2.68. The van der Waals surface area contributed by atoms with Gasteiger partial charge in [-0.2, -0.15) is 0 Å². The van der Waals surface area contributed by atoms with Crippen molar-refractivity contribution in [2.24, 2.45) is 0 Å². The fourth-order valence-electron chi connectivity index (χ4n) is 2.52. The molecule has 0 aromatic heterocycles. The van der Waals surface area contributed by atoms with Gasteiger partial charge in [0.1, 0.15) is 0 Å². The van der Waals surface area contributed by atoms with Crippen LogP contribution in [0.3, 0.4) is 0 Å². The van der Waals surface area contributed by atoms with Crippen molar-refractivity contribution < 1.29 is 9.59 Å². The summed E-state index contributed by atoms with van der Waals surface area (Å²) in [5, 5.41) is 6.43. The molecular formula is C22H18Cl2N2O2S. The molecule has 0 fully saturated rings. The Balaban J connectivity index is 1.58. The van der Waals surface area contributed by atoms with E-state index < -0.39 is 0 Å². The van der Waals surface area contributed by atoms with Crippen LogP contribution in [0.1, 0.15) is 15.9 Å². The van der Waals surface area contributed by atoms with Crippen molar-refractivity contribution in [3.63, 3.8) is 0 Å². The molecule has 0 radical (unpaired) electrons. The van der Waals surface area contributed by atoms with Gasteiger partial charge < -0.3 is 10.6 Å². The molecule has 29 heavy (non-hydrogen) atoms. The monoisotopic (exact) mass is 444 g/mol. The van der Waals surface area contributed by atoms with Gasteiger partial charge in [-0.25, -0.2) is 0 Å². The van der Waals surface area contributed by atoms with Crippen molar-refractivity contribution in [1.29, 1.82) is 0 Å². The highest BCUT2D eigenvalue weighted by Crippen LogP contribution is 2.25. The van der Waals surface area contributed by atoms with E-state index in [9.17, 15) is 9.59 Å². The Labute approximate surface area is 183 Å². The summed E-state index contributed by atoms with van der Waals surface area (Å²) in [5.74, 6) is -0.166. The van der Waals surface area contributed by atoms with Gasteiger partial charge in [-0.3, -0.25) is 9.59 Å². The molecule has 0 atom stereocenters. The number of halogens is 2. The van der Waals surface area contributed by atoms with E-state index in [2.05, 4.69) is 10.6 Å². The lowest BCUT2D eigenvalue weighted by atomic mass is 10.2. The van der Waals surface area contributed by atoms with E-state index in [0.29, 0.717) is 16.3 Å². The third-order valence-electron chi connectivity index (χ3n) is 3.97. The third-order valence-corrected chi connectivity index (χ3v) is 5.51. The maximum atomic E-state index is 12.4. The van der Waals surface area contributed by atoms with E-state index in [1.54, 1.807) is 18.2 Å². The zero-order chi connectivity index (χ0) is 20.8. The standard InChI is InChI=1S/C22H18Cl2N2O2S/c1-14-5-8-16(9-6-14)25-21(27)13-29-18-4-2-3-17(12-18)26-22(28)19-10-7-15(23)11-20(19)24/h2-12H,13H2,1H3,(H,25,27)(H,26,28). The number of benzene rings is 3. The number of amides is 2. The van der Waals surface area contributed by atoms with Crippen LogP contribution in [-0.4, -0.2) is 17.6 Å². The van der Waals surface area contributed by atoms with Gasteiger partial charge in [0.2, 0.25) is 5.91 Å². The molecule has 0 aliphatic rings. The second kappa shape index (κ2) is 9.83. The lowest BCUT2D eigenvalue weighted by molar-refractivity contribution is -0.113. The third kappa shape index (κ3) is 6.26. The average molecular weight is 445 g/mol. The van der Waals surface area contributed by atoms with Gasteiger partial charge in [0.05, 0.1) is 16.3 Å². The van der Waals surface area contributed by atoms with Gasteiger partial charge in [-0.15, -0.1) is 11.8 Å². The number of aryl methyl sites for hydroxylation is 1. The molecule has 3 aromatic rings. The van der Waals surface area contributed by atoms with Crippen molar-refractivity contribution in [3.05, 3.63) is 87.9 Å². The zero-order valence-electron chi connectivity index (χ0n) is 15.5. The smallest absolute Gasteiger partial charge is 0.257 e. The minimum Gasteiger partial charge on any atom is -0.325 e. The molecule has 7 heteroatoms. The Morgan fingerprint density at radius 2 is 1.66 bits per heavy atom. The first-order valence-corrected chi connectivity index (χ1v) is 10.5. The van der Waals surface area contributed by atoms with Crippen LogP contribution in [0.4, 0.5) is 11.4 Å². The molecule has 0 heterocycles. The number of carbonyl (C=O) groups is 2. The van der Waals surface area contributed by atoms with Gasteiger partial charge in [0.15, 0.2) is 0 Å². The van der Waals surface area contributed by atoms with Crippen LogP contribution in [0.25, 0.3) is 0 Å². The highest BCUT2D eigenvalue weighted by molar-refractivity contribution is 8.00. The topological polar surface area (TPSA) is 58.2 Å². The first kappa shape index (κ1) is 21.2. The molecule has 0 bridgehead atoms. The number of thioether (sulfide) groups is 1. The van der Waals surface area contributed by atoms with Crippen LogP contribution < -0.4 is 10.6 Å². The van der Waals surface area contributed by atoms with E-state index in [4.69, 9.17) is 23.2 Å². The second-order valence-corrected chi connectivity index (χ2v) is 8.20. The van der Waals surface area contributed by atoms with Crippen LogP contribution >= 0.6 is 35.0 Å². The predicted octanol–water partition coefficient (Wildman–Crippen LogP) is 6.28. The molecule has 0 saturated carbocycles. The molecule has 0 saturated heterocycles. The summed E-state index contributed by atoms with van der Waals surface area (Å²) in [7, 11) is 0. The highest BCUT2D eigenvalue weighted by atomic mass is 35.5. The summed E-state index contributed by atoms with van der Waals surface area (Å²) in [5.41, 5.74) is 2.86. The number of rotatable bonds is 6. The second-order valence-electron chi connectivity index (χ2n) is 6.31. The molecule has 0 aliphatic carbocycles. The summed E-state index contributed by atoms with van der Waals surface area (Å²) in [6.45, 7) is 1.99. The molecule has 0 spiro atoms. The summed E-state index contributed by atoms with van der Waals surface area (Å²) >= 11 is 13.3. The zero-order valence-corrected chi connectivity index (χ0v) is 17.9. The molecule has 2 amide bonds. The molecule has 2 N–H and O–H groups in total. The molecule has 4 nitrogen and oxygen atoms in total. The minimum atomic E-state index is -0.328. The van der Waals surface area contributed by atoms with Crippen molar-refractivity contribution in [2.45, 2.75) is 11.8 Å². The summed E-state index contributed by atoms with van der Waals surface area (Å²) in [6.07, 6.45) is 0. The molecule has 0 unspecified atom stereocenters. The lowest BCUT2D eigenvalue weighted by Crippen LogP contribution is -2.14. The summed E-state index contributed by atoms with van der Waals surface area (Å²) in [6, 6.07) is 19.6. The maximum Gasteiger partial charge on any atom is 0.257 e. The fourth-order valence-corrected chi connectivity index (χ4v) is 3.77. The number of anilines is 2. The van der Waals surface area contributed by atoms with Crippen LogP contribution in [-0.2, 0) is 4.79 Å². The molecular weight excluding hydrogens is 427 g/mol. The van der Waals surface area contributed by atoms with E-state index in [1.165, 1.54) is 17.8 Å². The van der Waals surface area contributed by atoms with Gasteiger partial charge in [-0.05, 0) is 55.5 Å². The van der Waals surface area contributed by atoms with Crippen molar-refractivity contribution in [1.82, 2.24) is 0 Å². The first-order valence-electron chi connectivity index (χ1n) is 8.76.